The molecule has 8 heteroatoms. The molecular formula is C20H20N4O4. The lowest BCUT2D eigenvalue weighted by molar-refractivity contribution is -0.129. The first kappa shape index (κ1) is 16.9. The van der Waals surface area contributed by atoms with Gasteiger partial charge in [-0.15, -0.1) is 0 Å². The van der Waals surface area contributed by atoms with Gasteiger partial charge in [-0.3, -0.25) is 9.59 Å². The van der Waals surface area contributed by atoms with Crippen molar-refractivity contribution in [1.82, 2.24) is 14.8 Å². The number of amides is 2. The van der Waals surface area contributed by atoms with Crippen LogP contribution in [0.4, 0.5) is 5.82 Å². The number of carbonyl (C=O) groups excluding carboxylic acids is 2. The van der Waals surface area contributed by atoms with Gasteiger partial charge in [0.25, 0.3) is 5.91 Å². The Kier molecular flexibility index (Phi) is 3.85. The molecule has 2 atom stereocenters. The highest BCUT2D eigenvalue weighted by molar-refractivity contribution is 5.94. The Morgan fingerprint density at radius 2 is 2.04 bits per heavy atom. The van der Waals surface area contributed by atoms with Gasteiger partial charge < -0.3 is 25.0 Å². The quantitative estimate of drug-likeness (QED) is 0.865. The lowest BCUT2D eigenvalue weighted by Crippen LogP contribution is -2.40. The Morgan fingerprint density at radius 1 is 1.18 bits per heavy atom. The Bertz CT molecular complexity index is 963. The van der Waals surface area contributed by atoms with Crippen molar-refractivity contribution in [1.29, 1.82) is 0 Å². The molecule has 2 amide bonds. The SMILES string of the molecule is Nc1cccc(C(=O)N2CC[C@H]3[C@@H]2CC(=O)N3Cc2ccc3c(c2)OCO3)n1. The fourth-order valence-electron chi connectivity index (χ4n) is 4.34. The van der Waals surface area contributed by atoms with E-state index in [0.29, 0.717) is 36.8 Å². The minimum atomic E-state index is -0.169. The van der Waals surface area contributed by atoms with Crippen LogP contribution in [0.1, 0.15) is 28.9 Å². The normalized spacial score (nSPS) is 22.6. The number of aromatic nitrogens is 1. The maximum Gasteiger partial charge on any atom is 0.272 e. The largest absolute Gasteiger partial charge is 0.454 e. The Hall–Kier alpha value is -3.29. The van der Waals surface area contributed by atoms with Gasteiger partial charge in [0.2, 0.25) is 12.7 Å². The molecule has 8 nitrogen and oxygen atoms in total. The van der Waals surface area contributed by atoms with Crippen LogP contribution in [-0.4, -0.2) is 52.0 Å². The van der Waals surface area contributed by atoms with E-state index in [1.54, 1.807) is 23.1 Å². The van der Waals surface area contributed by atoms with Crippen LogP contribution < -0.4 is 15.2 Å². The zero-order valence-corrected chi connectivity index (χ0v) is 15.2. The second-order valence-corrected chi connectivity index (χ2v) is 7.28. The number of anilines is 1. The fourth-order valence-corrected chi connectivity index (χ4v) is 4.34. The van der Waals surface area contributed by atoms with Crippen molar-refractivity contribution in [3.05, 3.63) is 47.7 Å². The van der Waals surface area contributed by atoms with E-state index in [4.69, 9.17) is 15.2 Å². The zero-order valence-electron chi connectivity index (χ0n) is 15.2. The van der Waals surface area contributed by atoms with Crippen LogP contribution in [0.5, 0.6) is 11.5 Å². The highest BCUT2D eigenvalue weighted by atomic mass is 16.7. The molecular weight excluding hydrogens is 360 g/mol. The predicted octanol–water partition coefficient (Wildman–Crippen LogP) is 1.41. The third kappa shape index (κ3) is 2.72. The smallest absolute Gasteiger partial charge is 0.272 e. The predicted molar refractivity (Wildman–Crippen MR) is 99.6 cm³/mol. The van der Waals surface area contributed by atoms with Gasteiger partial charge in [-0.2, -0.15) is 0 Å². The van der Waals surface area contributed by atoms with E-state index in [1.165, 1.54) is 0 Å². The van der Waals surface area contributed by atoms with Gasteiger partial charge in [-0.05, 0) is 36.2 Å². The number of benzene rings is 1. The molecule has 0 spiro atoms. The van der Waals surface area contributed by atoms with Crippen molar-refractivity contribution >= 4 is 17.6 Å². The zero-order chi connectivity index (χ0) is 19.3. The number of ether oxygens (including phenoxy) is 2. The first-order valence-electron chi connectivity index (χ1n) is 9.31. The molecule has 144 valence electrons. The van der Waals surface area contributed by atoms with Crippen LogP contribution in [0.25, 0.3) is 0 Å². The van der Waals surface area contributed by atoms with Gasteiger partial charge in [0.1, 0.15) is 11.5 Å². The van der Waals surface area contributed by atoms with Crippen LogP contribution in [0.3, 0.4) is 0 Å². The van der Waals surface area contributed by atoms with E-state index < -0.39 is 0 Å². The van der Waals surface area contributed by atoms with Crippen molar-refractivity contribution < 1.29 is 19.1 Å². The van der Waals surface area contributed by atoms with Crippen LogP contribution in [0, 0.1) is 0 Å². The van der Waals surface area contributed by atoms with Gasteiger partial charge in [0, 0.05) is 19.5 Å². The first-order valence-corrected chi connectivity index (χ1v) is 9.31. The first-order chi connectivity index (χ1) is 13.6. The summed E-state index contributed by atoms with van der Waals surface area (Å²) < 4.78 is 10.8. The van der Waals surface area contributed by atoms with Gasteiger partial charge in [0.15, 0.2) is 11.5 Å². The molecule has 2 aromatic rings. The van der Waals surface area contributed by atoms with Crippen molar-refractivity contribution in [2.75, 3.05) is 19.1 Å². The van der Waals surface area contributed by atoms with Crippen LogP contribution in [0.2, 0.25) is 0 Å². The number of hydrogen-bond acceptors (Lipinski definition) is 6. The second-order valence-electron chi connectivity index (χ2n) is 7.28. The van der Waals surface area contributed by atoms with Gasteiger partial charge in [0.05, 0.1) is 12.1 Å². The van der Waals surface area contributed by atoms with Crippen molar-refractivity contribution in [2.24, 2.45) is 0 Å². The number of pyridine rings is 1. The summed E-state index contributed by atoms with van der Waals surface area (Å²) in [5.74, 6) is 1.63. The minimum Gasteiger partial charge on any atom is -0.454 e. The topological polar surface area (TPSA) is 98.0 Å². The van der Waals surface area contributed by atoms with Crippen molar-refractivity contribution in [3.8, 4) is 11.5 Å². The van der Waals surface area contributed by atoms with Gasteiger partial charge in [-0.1, -0.05) is 12.1 Å². The molecule has 0 saturated carbocycles. The van der Waals surface area contributed by atoms with Crippen LogP contribution in [-0.2, 0) is 11.3 Å². The molecule has 1 aromatic carbocycles. The Labute approximate surface area is 161 Å². The minimum absolute atomic E-state index is 0.0166. The number of fused-ring (bicyclic) bond motifs is 2. The molecule has 0 radical (unpaired) electrons. The molecule has 3 aliphatic rings. The van der Waals surface area contributed by atoms with E-state index >= 15 is 0 Å². The molecule has 2 N–H and O–H groups in total. The molecule has 5 rings (SSSR count). The Morgan fingerprint density at radius 3 is 2.89 bits per heavy atom. The number of nitrogen functional groups attached to an aromatic ring is 1. The number of nitrogens with zero attached hydrogens (tertiary/aromatic N) is 3. The molecule has 1 aromatic heterocycles. The number of carbonyl (C=O) groups is 2. The molecule has 2 fully saturated rings. The average molecular weight is 380 g/mol. The summed E-state index contributed by atoms with van der Waals surface area (Å²) in [6.07, 6.45) is 1.10. The summed E-state index contributed by atoms with van der Waals surface area (Å²) in [6, 6.07) is 10.6. The monoisotopic (exact) mass is 380 g/mol. The molecule has 28 heavy (non-hydrogen) atoms. The molecule has 0 aliphatic carbocycles. The maximum absolute atomic E-state index is 12.9. The second kappa shape index (κ2) is 6.40. The van der Waals surface area contributed by atoms with Gasteiger partial charge in [-0.25, -0.2) is 4.98 Å². The molecule has 3 aliphatic heterocycles. The Balaban J connectivity index is 1.34. The highest BCUT2D eigenvalue weighted by Crippen LogP contribution is 2.36. The van der Waals surface area contributed by atoms with Crippen LogP contribution in [0.15, 0.2) is 36.4 Å². The van der Waals surface area contributed by atoms with E-state index in [9.17, 15) is 9.59 Å². The summed E-state index contributed by atoms with van der Waals surface area (Å²) in [5, 5.41) is 0. The summed E-state index contributed by atoms with van der Waals surface area (Å²) in [5.41, 5.74) is 7.02. The van der Waals surface area contributed by atoms with Crippen LogP contribution >= 0.6 is 0 Å². The van der Waals surface area contributed by atoms with E-state index in [2.05, 4.69) is 4.98 Å². The third-order valence-corrected chi connectivity index (χ3v) is 5.66. The summed E-state index contributed by atoms with van der Waals surface area (Å²) in [6.45, 7) is 1.33. The molecule has 0 unspecified atom stereocenters. The summed E-state index contributed by atoms with van der Waals surface area (Å²) in [4.78, 5) is 33.3. The van der Waals surface area contributed by atoms with Gasteiger partial charge >= 0.3 is 0 Å². The highest BCUT2D eigenvalue weighted by Gasteiger charge is 2.48. The standard InChI is InChI=1S/C20H20N4O4/c21-18-3-1-2-13(22-18)20(26)23-7-6-14-15(23)9-19(25)24(14)10-12-4-5-16-17(8-12)28-11-27-16/h1-5,8,14-15H,6-7,9-11H2,(H2,21,22)/t14-,15-/m0/s1. The number of nitrogens with two attached hydrogens (primary N) is 1. The van der Waals surface area contributed by atoms with Crippen molar-refractivity contribution in [3.63, 3.8) is 0 Å². The van der Waals surface area contributed by atoms with E-state index in [-0.39, 0.29) is 30.7 Å². The lowest BCUT2D eigenvalue weighted by atomic mass is 10.1. The maximum atomic E-state index is 12.9. The average Bonchev–Trinajstić information content (AvgIpc) is 3.38. The van der Waals surface area contributed by atoms with E-state index in [1.807, 2.05) is 23.1 Å². The lowest BCUT2D eigenvalue weighted by Gasteiger charge is -2.25. The fraction of sp³-hybridized carbons (Fsp3) is 0.350. The molecule has 4 heterocycles. The van der Waals surface area contributed by atoms with Crippen molar-refractivity contribution in [2.45, 2.75) is 31.5 Å². The number of likely N-dealkylation sites (tertiary alicyclic amines) is 2. The number of hydrogen-bond donors (Lipinski definition) is 1. The summed E-state index contributed by atoms with van der Waals surface area (Å²) in [7, 11) is 0. The number of rotatable bonds is 3. The van der Waals surface area contributed by atoms with E-state index in [0.717, 1.165) is 17.7 Å². The third-order valence-electron chi connectivity index (χ3n) is 5.66. The summed E-state index contributed by atoms with van der Waals surface area (Å²) >= 11 is 0. The molecule has 0 bridgehead atoms. The molecule has 2 saturated heterocycles.